The van der Waals surface area contributed by atoms with E-state index in [1.54, 1.807) is 5.31 Å². The van der Waals surface area contributed by atoms with Crippen molar-refractivity contribution in [1.82, 2.24) is 0 Å². The molecule has 1 heterocycles. The molecule has 2 heteroatoms. The average Bonchev–Trinajstić information content (AvgIpc) is 3.24. The van der Waals surface area contributed by atoms with Crippen molar-refractivity contribution < 1.29 is 0 Å². The van der Waals surface area contributed by atoms with Gasteiger partial charge in [-0.05, 0) is 0 Å². The quantitative estimate of drug-likeness (QED) is 0.353. The van der Waals surface area contributed by atoms with Crippen LogP contribution in [0.2, 0.25) is 0 Å². The Morgan fingerprint density at radius 3 is 1.48 bits per heavy atom. The molecule has 0 nitrogen and oxygen atoms in total. The van der Waals surface area contributed by atoms with Crippen LogP contribution in [0.4, 0.5) is 0 Å². The molecule has 4 aromatic rings. The fraction of sp³-hybridized carbons (Fsp3) is 0.0370. The molecule has 0 aliphatic carbocycles. The molecule has 0 radical (unpaired) electrons. The van der Waals surface area contributed by atoms with Crippen LogP contribution in [0.1, 0.15) is 5.56 Å². The third-order valence-corrected chi connectivity index (χ3v) is 14.7. The normalized spacial score (nSPS) is 18.8. The second kappa shape index (κ2) is 8.08. The van der Waals surface area contributed by atoms with Crippen LogP contribution in [-0.4, -0.2) is 5.90 Å². The Balaban J connectivity index is 1.75. The van der Waals surface area contributed by atoms with Gasteiger partial charge in [-0.25, -0.2) is 0 Å². The third-order valence-electron chi connectivity index (χ3n) is 5.80. The van der Waals surface area contributed by atoms with Crippen LogP contribution in [0.15, 0.2) is 127 Å². The Morgan fingerprint density at radius 1 is 0.517 bits per heavy atom. The molecule has 1 atom stereocenters. The molecule has 0 aromatic heterocycles. The van der Waals surface area contributed by atoms with Crippen molar-refractivity contribution in [2.75, 3.05) is 5.90 Å². The molecule has 4 aromatic carbocycles. The van der Waals surface area contributed by atoms with E-state index < -0.39 is 15.2 Å². The van der Waals surface area contributed by atoms with Gasteiger partial charge in [0.1, 0.15) is 0 Å². The molecule has 0 fully saturated rings. The molecule has 5 rings (SSSR count). The molecule has 1 aliphatic heterocycles. The Bertz CT molecular complexity index is 1060. The van der Waals surface area contributed by atoms with E-state index in [1.807, 2.05) is 0 Å². The standard InChI is InChI=1S/C27H24P2/c1-5-13-23(14-6-1)27-21-29(25-17-9-3-10-18-25,26-19-11-4-12-20-26)22-28(27)24-15-7-2-8-16-24/h1-21,29H,22H2. The van der Waals surface area contributed by atoms with Crippen molar-refractivity contribution in [3.63, 3.8) is 0 Å². The van der Waals surface area contributed by atoms with Crippen LogP contribution in [0.25, 0.3) is 5.31 Å². The first-order valence-corrected chi connectivity index (χ1v) is 13.9. The predicted octanol–water partition coefficient (Wildman–Crippen LogP) is 6.16. The number of hydrogen-bond acceptors (Lipinski definition) is 0. The zero-order chi connectivity index (χ0) is 19.5. The second-order valence-corrected chi connectivity index (χ2v) is 14.0. The van der Waals surface area contributed by atoms with Crippen LogP contribution in [0.5, 0.6) is 0 Å². The first-order valence-electron chi connectivity index (χ1n) is 10.1. The van der Waals surface area contributed by atoms with E-state index in [0.29, 0.717) is 0 Å². The minimum absolute atomic E-state index is 0.392. The van der Waals surface area contributed by atoms with Gasteiger partial charge in [-0.3, -0.25) is 0 Å². The zero-order valence-electron chi connectivity index (χ0n) is 16.3. The topological polar surface area (TPSA) is 0 Å². The minimum atomic E-state index is -2.01. The molecule has 0 amide bonds. The molecule has 29 heavy (non-hydrogen) atoms. The van der Waals surface area contributed by atoms with E-state index in [4.69, 9.17) is 0 Å². The van der Waals surface area contributed by atoms with Gasteiger partial charge in [0.25, 0.3) is 0 Å². The average molecular weight is 410 g/mol. The van der Waals surface area contributed by atoms with Crippen molar-refractivity contribution >= 4 is 36.4 Å². The monoisotopic (exact) mass is 410 g/mol. The molecule has 0 saturated heterocycles. The maximum absolute atomic E-state index is 2.70. The van der Waals surface area contributed by atoms with Crippen LogP contribution < -0.4 is 15.9 Å². The summed E-state index contributed by atoms with van der Waals surface area (Å²) >= 11 is 0. The Labute approximate surface area is 175 Å². The van der Waals surface area contributed by atoms with Crippen LogP contribution in [0, 0.1) is 0 Å². The molecule has 0 bridgehead atoms. The summed E-state index contributed by atoms with van der Waals surface area (Å²) in [5.41, 5.74) is 1.38. The first kappa shape index (κ1) is 18.5. The summed E-state index contributed by atoms with van der Waals surface area (Å²) in [6.45, 7) is 0. The van der Waals surface area contributed by atoms with Gasteiger partial charge in [-0.15, -0.1) is 0 Å². The fourth-order valence-corrected chi connectivity index (χ4v) is 15.0. The van der Waals surface area contributed by atoms with Gasteiger partial charge in [-0.2, -0.15) is 0 Å². The molecule has 1 unspecified atom stereocenters. The summed E-state index contributed by atoms with van der Waals surface area (Å²) in [6, 6.07) is 44.6. The van der Waals surface area contributed by atoms with Gasteiger partial charge >= 0.3 is 175 Å². The second-order valence-electron chi connectivity index (χ2n) is 7.52. The van der Waals surface area contributed by atoms with E-state index in [2.05, 4.69) is 127 Å². The molecule has 142 valence electrons. The van der Waals surface area contributed by atoms with Gasteiger partial charge < -0.3 is 0 Å². The van der Waals surface area contributed by atoms with Gasteiger partial charge in [-0.1, -0.05) is 0 Å². The van der Waals surface area contributed by atoms with E-state index in [9.17, 15) is 0 Å². The maximum atomic E-state index is 2.70. The summed E-state index contributed by atoms with van der Waals surface area (Å²) in [5, 5.41) is 6.06. The third kappa shape index (κ3) is 3.49. The molecular weight excluding hydrogens is 386 g/mol. The molecule has 0 saturated carbocycles. The van der Waals surface area contributed by atoms with Crippen LogP contribution >= 0.6 is 15.2 Å². The zero-order valence-corrected chi connectivity index (χ0v) is 18.2. The van der Waals surface area contributed by atoms with E-state index >= 15 is 0 Å². The van der Waals surface area contributed by atoms with Crippen LogP contribution in [-0.2, 0) is 0 Å². The Hall–Kier alpha value is -2.52. The molecule has 0 spiro atoms. The number of benzene rings is 4. The van der Waals surface area contributed by atoms with Gasteiger partial charge in [0.2, 0.25) is 0 Å². The summed E-state index contributed by atoms with van der Waals surface area (Å²) in [4.78, 5) is 0. The SMILES string of the molecule is C1=C(c2ccccc2)P(c2ccccc2)C[PH]1(c1ccccc1)c1ccccc1. The molecule has 1 aliphatic rings. The summed E-state index contributed by atoms with van der Waals surface area (Å²) < 4.78 is 0. The Morgan fingerprint density at radius 2 is 0.966 bits per heavy atom. The summed E-state index contributed by atoms with van der Waals surface area (Å²) in [6.07, 6.45) is 0. The van der Waals surface area contributed by atoms with Gasteiger partial charge in [0.05, 0.1) is 0 Å². The van der Waals surface area contributed by atoms with Crippen molar-refractivity contribution in [3.05, 3.63) is 133 Å². The number of hydrogen-bond donors (Lipinski definition) is 0. The van der Waals surface area contributed by atoms with Crippen molar-refractivity contribution in [3.8, 4) is 0 Å². The fourth-order valence-electron chi connectivity index (χ4n) is 4.36. The van der Waals surface area contributed by atoms with E-state index in [1.165, 1.54) is 27.4 Å². The van der Waals surface area contributed by atoms with Gasteiger partial charge in [0, 0.05) is 0 Å². The summed E-state index contributed by atoms with van der Waals surface area (Å²) in [7, 11) is -2.40. The van der Waals surface area contributed by atoms with Crippen molar-refractivity contribution in [1.29, 1.82) is 0 Å². The molecule has 0 N–H and O–H groups in total. The van der Waals surface area contributed by atoms with E-state index in [-0.39, 0.29) is 0 Å². The van der Waals surface area contributed by atoms with E-state index in [0.717, 1.165) is 0 Å². The van der Waals surface area contributed by atoms with Crippen molar-refractivity contribution in [2.24, 2.45) is 0 Å². The summed E-state index contributed by atoms with van der Waals surface area (Å²) in [5.74, 6) is 3.94. The Kier molecular flexibility index (Phi) is 5.15. The predicted molar refractivity (Wildman–Crippen MR) is 133 cm³/mol. The van der Waals surface area contributed by atoms with Crippen LogP contribution in [0.3, 0.4) is 0 Å². The number of rotatable bonds is 4. The first-order chi connectivity index (χ1) is 14.4. The molecular formula is C27H24P2. The van der Waals surface area contributed by atoms with Crippen molar-refractivity contribution in [2.45, 2.75) is 0 Å². The van der Waals surface area contributed by atoms with Gasteiger partial charge in [0.15, 0.2) is 0 Å².